The molecule has 0 saturated heterocycles. The molecule has 0 radical (unpaired) electrons. The summed E-state index contributed by atoms with van der Waals surface area (Å²) in [7, 11) is 3.04. The zero-order valence-electron chi connectivity index (χ0n) is 19.6. The number of rotatable bonds is 10. The minimum Gasteiger partial charge on any atom is -0.493 e. The second-order valence-electron chi connectivity index (χ2n) is 7.72. The molecular weight excluding hydrogens is 446 g/mol. The van der Waals surface area contributed by atoms with Crippen molar-refractivity contribution in [3.8, 4) is 5.75 Å². The largest absolute Gasteiger partial charge is 0.493 e. The van der Waals surface area contributed by atoms with Gasteiger partial charge in [-0.3, -0.25) is 4.79 Å². The monoisotopic (exact) mass is 473 g/mol. The van der Waals surface area contributed by atoms with E-state index in [1.54, 1.807) is 19.5 Å². The highest BCUT2D eigenvalue weighted by Crippen LogP contribution is 2.38. The number of carbonyl (C=O) groups is 1. The van der Waals surface area contributed by atoms with Crippen molar-refractivity contribution in [1.29, 1.82) is 0 Å². The van der Waals surface area contributed by atoms with Crippen molar-refractivity contribution < 1.29 is 14.3 Å². The summed E-state index contributed by atoms with van der Waals surface area (Å²) in [5.74, 6) is 1.08. The molecule has 180 valence electrons. The van der Waals surface area contributed by atoms with Crippen LogP contribution >= 0.6 is 0 Å². The molecule has 0 saturated carbocycles. The SMILES string of the molecule is COCC(=O)NCCNc1nccc(C2=C(c3cnc(N)c(OC)c3)CC(c3ccccc3)=N2)n1. The number of hydrogen-bond acceptors (Lipinski definition) is 9. The number of hydrogen-bond donors (Lipinski definition) is 3. The summed E-state index contributed by atoms with van der Waals surface area (Å²) in [6.45, 7) is 0.898. The maximum absolute atomic E-state index is 11.5. The van der Waals surface area contributed by atoms with Crippen LogP contribution in [0.1, 0.15) is 23.2 Å². The Bertz CT molecular complexity index is 1260. The van der Waals surface area contributed by atoms with Crippen LogP contribution in [-0.2, 0) is 9.53 Å². The predicted molar refractivity (Wildman–Crippen MR) is 135 cm³/mol. The lowest BCUT2D eigenvalue weighted by Crippen LogP contribution is -2.31. The number of carbonyl (C=O) groups excluding carboxylic acids is 1. The fourth-order valence-electron chi connectivity index (χ4n) is 3.66. The Morgan fingerprint density at radius 3 is 2.69 bits per heavy atom. The molecule has 0 unspecified atom stereocenters. The van der Waals surface area contributed by atoms with Gasteiger partial charge in [-0.15, -0.1) is 0 Å². The zero-order valence-corrected chi connectivity index (χ0v) is 19.6. The molecule has 1 aliphatic heterocycles. The number of aliphatic imine (C=N–C) groups is 1. The zero-order chi connectivity index (χ0) is 24.6. The molecular formula is C25H27N7O3. The van der Waals surface area contributed by atoms with Crippen LogP contribution in [-0.4, -0.2) is 60.5 Å². The maximum Gasteiger partial charge on any atom is 0.246 e. The number of benzene rings is 1. The third-order valence-electron chi connectivity index (χ3n) is 5.34. The smallest absolute Gasteiger partial charge is 0.246 e. The normalized spacial score (nSPS) is 12.9. The first kappa shape index (κ1) is 23.8. The van der Waals surface area contributed by atoms with E-state index >= 15 is 0 Å². The molecule has 4 N–H and O–H groups in total. The molecule has 3 heterocycles. The molecule has 2 aromatic heterocycles. The van der Waals surface area contributed by atoms with Crippen LogP contribution in [0.5, 0.6) is 5.75 Å². The second kappa shape index (κ2) is 11.2. The summed E-state index contributed by atoms with van der Waals surface area (Å²) in [6.07, 6.45) is 4.00. The maximum atomic E-state index is 11.5. The first-order valence-electron chi connectivity index (χ1n) is 11.1. The number of methoxy groups -OCH3 is 2. The molecule has 0 bridgehead atoms. The Morgan fingerprint density at radius 1 is 1.09 bits per heavy atom. The third kappa shape index (κ3) is 5.79. The van der Waals surface area contributed by atoms with Gasteiger partial charge in [-0.2, -0.15) is 0 Å². The third-order valence-corrected chi connectivity index (χ3v) is 5.34. The van der Waals surface area contributed by atoms with Crippen LogP contribution in [0, 0.1) is 0 Å². The molecule has 10 nitrogen and oxygen atoms in total. The summed E-state index contributed by atoms with van der Waals surface area (Å²) < 4.78 is 10.2. The topological polar surface area (TPSA) is 137 Å². The van der Waals surface area contributed by atoms with Crippen molar-refractivity contribution in [2.75, 3.05) is 45.0 Å². The summed E-state index contributed by atoms with van der Waals surface area (Å²) in [5, 5.41) is 5.88. The number of amides is 1. The Balaban J connectivity index is 1.62. The molecule has 10 heteroatoms. The Labute approximate surface area is 203 Å². The molecule has 1 aliphatic rings. The van der Waals surface area contributed by atoms with Crippen molar-refractivity contribution in [3.63, 3.8) is 0 Å². The van der Waals surface area contributed by atoms with Gasteiger partial charge in [0.25, 0.3) is 0 Å². The number of aromatic nitrogens is 3. The van der Waals surface area contributed by atoms with E-state index in [0.717, 1.165) is 28.1 Å². The van der Waals surface area contributed by atoms with E-state index in [0.29, 0.717) is 42.7 Å². The van der Waals surface area contributed by atoms with E-state index in [9.17, 15) is 4.79 Å². The first-order valence-corrected chi connectivity index (χ1v) is 11.1. The van der Waals surface area contributed by atoms with Crippen molar-refractivity contribution in [3.05, 3.63) is 71.7 Å². The summed E-state index contributed by atoms with van der Waals surface area (Å²) in [5.41, 5.74) is 11.1. The van der Waals surface area contributed by atoms with Gasteiger partial charge in [0.2, 0.25) is 11.9 Å². The summed E-state index contributed by atoms with van der Waals surface area (Å²) in [4.78, 5) is 29.7. The molecule has 0 atom stereocenters. The molecule has 1 amide bonds. The van der Waals surface area contributed by atoms with Gasteiger partial charge in [0.05, 0.1) is 24.2 Å². The lowest BCUT2D eigenvalue weighted by molar-refractivity contribution is -0.124. The van der Waals surface area contributed by atoms with Crippen LogP contribution in [0.25, 0.3) is 11.3 Å². The molecule has 0 aliphatic carbocycles. The lowest BCUT2D eigenvalue weighted by atomic mass is 9.98. The van der Waals surface area contributed by atoms with Gasteiger partial charge in [0, 0.05) is 44.6 Å². The average molecular weight is 474 g/mol. The van der Waals surface area contributed by atoms with Crippen molar-refractivity contribution in [2.45, 2.75) is 6.42 Å². The number of ether oxygens (including phenoxy) is 2. The summed E-state index contributed by atoms with van der Waals surface area (Å²) in [6, 6.07) is 13.7. The number of anilines is 2. The first-order chi connectivity index (χ1) is 17.1. The average Bonchev–Trinajstić information content (AvgIpc) is 3.33. The van der Waals surface area contributed by atoms with E-state index in [-0.39, 0.29) is 12.5 Å². The van der Waals surface area contributed by atoms with Gasteiger partial charge in [0.1, 0.15) is 6.61 Å². The van der Waals surface area contributed by atoms with Gasteiger partial charge in [0.15, 0.2) is 11.6 Å². The number of nitrogen functional groups attached to an aromatic ring is 1. The number of pyridine rings is 1. The minimum atomic E-state index is -0.181. The predicted octanol–water partition coefficient (Wildman–Crippen LogP) is 2.40. The van der Waals surface area contributed by atoms with Crippen LogP contribution in [0.15, 0.2) is 59.9 Å². The molecule has 0 spiro atoms. The molecule has 35 heavy (non-hydrogen) atoms. The quantitative estimate of drug-likeness (QED) is 0.382. The standard InChI is InChI=1S/C25H27N7O3/c1-34-15-22(33)27-10-11-29-25-28-9-8-19(32-25)23-18(17-12-21(35-2)24(26)30-14-17)13-20(31-23)16-6-4-3-5-7-16/h3-9,12,14H,10-11,13,15H2,1-2H3,(H2,26,30)(H,27,33)(H,28,29,32). The Morgan fingerprint density at radius 2 is 1.91 bits per heavy atom. The van der Waals surface area contributed by atoms with Crippen LogP contribution in [0.3, 0.4) is 0 Å². The highest BCUT2D eigenvalue weighted by molar-refractivity contribution is 6.16. The van der Waals surface area contributed by atoms with Gasteiger partial charge < -0.3 is 25.8 Å². The van der Waals surface area contributed by atoms with E-state index < -0.39 is 0 Å². The van der Waals surface area contributed by atoms with Gasteiger partial charge in [-0.1, -0.05) is 30.3 Å². The molecule has 0 fully saturated rings. The number of allylic oxidation sites excluding steroid dienone is 1. The molecule has 1 aromatic carbocycles. The number of nitrogens with two attached hydrogens (primary N) is 1. The van der Waals surface area contributed by atoms with Crippen molar-refractivity contribution in [2.24, 2.45) is 4.99 Å². The summed E-state index contributed by atoms with van der Waals surface area (Å²) >= 11 is 0. The van der Waals surface area contributed by atoms with Gasteiger partial charge in [-0.05, 0) is 23.3 Å². The highest BCUT2D eigenvalue weighted by atomic mass is 16.5. The van der Waals surface area contributed by atoms with Crippen LogP contribution in [0.4, 0.5) is 11.8 Å². The molecule has 3 aromatic rings. The van der Waals surface area contributed by atoms with Crippen molar-refractivity contribution in [1.82, 2.24) is 20.3 Å². The second-order valence-corrected chi connectivity index (χ2v) is 7.72. The van der Waals surface area contributed by atoms with Gasteiger partial charge in [-0.25, -0.2) is 19.9 Å². The van der Waals surface area contributed by atoms with Gasteiger partial charge >= 0.3 is 0 Å². The van der Waals surface area contributed by atoms with Crippen molar-refractivity contribution >= 4 is 34.7 Å². The lowest BCUT2D eigenvalue weighted by Gasteiger charge is -2.10. The van der Waals surface area contributed by atoms with E-state index in [4.69, 9.17) is 20.2 Å². The van der Waals surface area contributed by atoms with Crippen LogP contribution in [0.2, 0.25) is 0 Å². The minimum absolute atomic E-state index is 0.0233. The van der Waals surface area contributed by atoms with E-state index in [1.807, 2.05) is 42.5 Å². The Kier molecular flexibility index (Phi) is 7.63. The Hall–Kier alpha value is -4.31. The number of nitrogens with zero attached hydrogens (tertiary/aromatic N) is 4. The molecule has 4 rings (SSSR count). The fraction of sp³-hybridized carbons (Fsp3) is 0.240. The van der Waals surface area contributed by atoms with E-state index in [2.05, 4.69) is 25.6 Å². The van der Waals surface area contributed by atoms with E-state index in [1.165, 1.54) is 7.11 Å². The fourth-order valence-corrected chi connectivity index (χ4v) is 3.66. The van der Waals surface area contributed by atoms with Crippen LogP contribution < -0.4 is 21.1 Å². The number of nitrogens with one attached hydrogen (secondary N) is 2. The highest BCUT2D eigenvalue weighted by Gasteiger charge is 2.24.